The fourth-order valence-electron chi connectivity index (χ4n) is 1.58. The summed E-state index contributed by atoms with van der Waals surface area (Å²) in [6, 6.07) is 10.3. The molecule has 0 unspecified atom stereocenters. The van der Waals surface area contributed by atoms with Gasteiger partial charge in [0, 0.05) is 22.8 Å². The monoisotopic (exact) mass is 343 g/mol. The zero-order valence-electron chi connectivity index (χ0n) is 10.00. The lowest BCUT2D eigenvalue weighted by Crippen LogP contribution is -1.96. The molecule has 0 aromatic heterocycles. The summed E-state index contributed by atoms with van der Waals surface area (Å²) in [6.07, 6.45) is 0. The largest absolute Gasteiger partial charge is 0.326 e. The van der Waals surface area contributed by atoms with Crippen molar-refractivity contribution in [3.8, 4) is 0 Å². The molecule has 0 atom stereocenters. The Balaban J connectivity index is 2.12. The zero-order chi connectivity index (χ0) is 13.8. The molecule has 1 nitrogen and oxygen atoms in total. The normalized spacial score (nSPS) is 10.7. The highest BCUT2D eigenvalue weighted by Gasteiger charge is 2.12. The molecule has 2 aromatic carbocycles. The second kappa shape index (κ2) is 6.50. The topological polar surface area (TPSA) is 26.0 Å². The van der Waals surface area contributed by atoms with Crippen molar-refractivity contribution in [3.05, 3.63) is 63.6 Å². The minimum atomic E-state index is -0.536. The van der Waals surface area contributed by atoms with Gasteiger partial charge in [-0.2, -0.15) is 0 Å². The molecular weight excluding hydrogens is 332 g/mol. The molecule has 0 spiro atoms. The SMILES string of the molecule is NCc1ccc(SCc2c(F)ccc(Br)c2F)cc1. The maximum Gasteiger partial charge on any atom is 0.144 e. The van der Waals surface area contributed by atoms with Crippen molar-refractivity contribution in [2.24, 2.45) is 5.73 Å². The van der Waals surface area contributed by atoms with Gasteiger partial charge in [0.25, 0.3) is 0 Å². The van der Waals surface area contributed by atoms with Crippen LogP contribution < -0.4 is 5.73 Å². The van der Waals surface area contributed by atoms with E-state index in [1.165, 1.54) is 23.9 Å². The molecular formula is C14H12BrF2NS. The highest BCUT2D eigenvalue weighted by molar-refractivity contribution is 9.10. The van der Waals surface area contributed by atoms with E-state index < -0.39 is 11.6 Å². The van der Waals surface area contributed by atoms with Gasteiger partial charge in [0.15, 0.2) is 0 Å². The number of hydrogen-bond acceptors (Lipinski definition) is 2. The fraction of sp³-hybridized carbons (Fsp3) is 0.143. The van der Waals surface area contributed by atoms with Crippen LogP contribution in [0, 0.1) is 11.6 Å². The van der Waals surface area contributed by atoms with Crippen LogP contribution in [-0.4, -0.2) is 0 Å². The van der Waals surface area contributed by atoms with E-state index in [9.17, 15) is 8.78 Å². The van der Waals surface area contributed by atoms with Crippen LogP contribution in [0.15, 0.2) is 45.8 Å². The maximum atomic E-state index is 13.8. The average Bonchev–Trinajstić information content (AvgIpc) is 2.44. The van der Waals surface area contributed by atoms with Crippen molar-refractivity contribution in [2.75, 3.05) is 0 Å². The molecule has 100 valence electrons. The summed E-state index contributed by atoms with van der Waals surface area (Å²) in [7, 11) is 0. The Labute approximate surface area is 123 Å². The first-order valence-electron chi connectivity index (χ1n) is 5.66. The summed E-state index contributed by atoms with van der Waals surface area (Å²) in [5.41, 5.74) is 6.63. The second-order valence-corrected chi connectivity index (χ2v) is 5.86. The van der Waals surface area contributed by atoms with Gasteiger partial charge in [-0.25, -0.2) is 8.78 Å². The first-order chi connectivity index (χ1) is 9.11. The molecule has 0 aliphatic carbocycles. The molecule has 0 aliphatic heterocycles. The van der Waals surface area contributed by atoms with E-state index in [2.05, 4.69) is 15.9 Å². The van der Waals surface area contributed by atoms with Crippen molar-refractivity contribution in [1.29, 1.82) is 0 Å². The molecule has 0 saturated carbocycles. The van der Waals surface area contributed by atoms with Crippen molar-refractivity contribution >= 4 is 27.7 Å². The van der Waals surface area contributed by atoms with Gasteiger partial charge in [-0.3, -0.25) is 0 Å². The number of benzene rings is 2. The molecule has 2 rings (SSSR count). The molecule has 0 aliphatic rings. The van der Waals surface area contributed by atoms with Gasteiger partial charge >= 0.3 is 0 Å². The van der Waals surface area contributed by atoms with Crippen LogP contribution >= 0.6 is 27.7 Å². The molecule has 0 bridgehead atoms. The van der Waals surface area contributed by atoms with Crippen molar-refractivity contribution in [2.45, 2.75) is 17.2 Å². The molecule has 19 heavy (non-hydrogen) atoms. The van der Waals surface area contributed by atoms with Crippen LogP contribution in [0.3, 0.4) is 0 Å². The Bertz CT molecular complexity index is 572. The number of thioether (sulfide) groups is 1. The summed E-state index contributed by atoms with van der Waals surface area (Å²) >= 11 is 4.45. The van der Waals surface area contributed by atoms with E-state index in [0.717, 1.165) is 10.5 Å². The van der Waals surface area contributed by atoms with Crippen molar-refractivity contribution in [1.82, 2.24) is 0 Å². The third kappa shape index (κ3) is 3.55. The standard InChI is InChI=1S/C14H12BrF2NS/c15-12-5-6-13(16)11(14(12)17)8-19-10-3-1-9(7-18)2-4-10/h1-6H,7-8,18H2. The molecule has 0 amide bonds. The van der Waals surface area contributed by atoms with E-state index in [1.54, 1.807) is 0 Å². The van der Waals surface area contributed by atoms with E-state index in [4.69, 9.17) is 5.73 Å². The summed E-state index contributed by atoms with van der Waals surface area (Å²) < 4.78 is 27.6. The quantitative estimate of drug-likeness (QED) is 0.654. The Morgan fingerprint density at radius 1 is 1.05 bits per heavy atom. The molecule has 0 saturated heterocycles. The Hall–Kier alpha value is -0.910. The molecule has 5 heteroatoms. The molecule has 2 aromatic rings. The Morgan fingerprint density at radius 3 is 2.37 bits per heavy atom. The predicted molar refractivity (Wildman–Crippen MR) is 78.0 cm³/mol. The van der Waals surface area contributed by atoms with Gasteiger partial charge in [-0.05, 0) is 45.8 Å². The first-order valence-corrected chi connectivity index (χ1v) is 7.44. The van der Waals surface area contributed by atoms with Gasteiger partial charge < -0.3 is 5.73 Å². The van der Waals surface area contributed by atoms with Crippen LogP contribution in [0.2, 0.25) is 0 Å². The lowest BCUT2D eigenvalue weighted by molar-refractivity contribution is 0.562. The molecule has 2 N–H and O–H groups in total. The Morgan fingerprint density at radius 2 is 1.74 bits per heavy atom. The number of nitrogens with two attached hydrogens (primary N) is 1. The summed E-state index contributed by atoms with van der Waals surface area (Å²) in [6.45, 7) is 0.486. The molecule has 0 heterocycles. The van der Waals surface area contributed by atoms with Crippen LogP contribution in [0.1, 0.15) is 11.1 Å². The lowest BCUT2D eigenvalue weighted by atomic mass is 10.2. The number of halogens is 3. The fourth-order valence-corrected chi connectivity index (χ4v) is 2.85. The van der Waals surface area contributed by atoms with E-state index in [1.807, 2.05) is 24.3 Å². The van der Waals surface area contributed by atoms with Gasteiger partial charge in [0.05, 0.1) is 4.47 Å². The van der Waals surface area contributed by atoms with Crippen molar-refractivity contribution < 1.29 is 8.78 Å². The number of rotatable bonds is 4. The molecule has 0 fully saturated rings. The third-order valence-electron chi connectivity index (χ3n) is 2.68. The summed E-state index contributed by atoms with van der Waals surface area (Å²) in [4.78, 5) is 0.955. The van der Waals surface area contributed by atoms with Gasteiger partial charge in [0.1, 0.15) is 11.6 Å². The highest BCUT2D eigenvalue weighted by Crippen LogP contribution is 2.28. The zero-order valence-corrected chi connectivity index (χ0v) is 12.4. The Kier molecular flexibility index (Phi) is 4.96. The van der Waals surface area contributed by atoms with E-state index >= 15 is 0 Å². The van der Waals surface area contributed by atoms with Crippen LogP contribution in [0.4, 0.5) is 8.78 Å². The van der Waals surface area contributed by atoms with Crippen LogP contribution in [0.25, 0.3) is 0 Å². The number of hydrogen-bond donors (Lipinski definition) is 1. The minimum Gasteiger partial charge on any atom is -0.326 e. The van der Waals surface area contributed by atoms with Gasteiger partial charge in [-0.1, -0.05) is 12.1 Å². The van der Waals surface area contributed by atoms with E-state index in [0.29, 0.717) is 6.54 Å². The van der Waals surface area contributed by atoms with Crippen LogP contribution in [0.5, 0.6) is 0 Å². The maximum absolute atomic E-state index is 13.8. The smallest absolute Gasteiger partial charge is 0.144 e. The van der Waals surface area contributed by atoms with Crippen molar-refractivity contribution in [3.63, 3.8) is 0 Å². The predicted octanol–water partition coefficient (Wildman–Crippen LogP) is 4.48. The summed E-state index contributed by atoms with van der Waals surface area (Å²) in [5, 5.41) is 0. The molecule has 0 radical (unpaired) electrons. The average molecular weight is 344 g/mol. The summed E-state index contributed by atoms with van der Waals surface area (Å²) in [5.74, 6) is -0.808. The van der Waals surface area contributed by atoms with Crippen LogP contribution in [-0.2, 0) is 12.3 Å². The van der Waals surface area contributed by atoms with E-state index in [-0.39, 0.29) is 15.8 Å². The highest BCUT2D eigenvalue weighted by atomic mass is 79.9. The van der Waals surface area contributed by atoms with Gasteiger partial charge in [-0.15, -0.1) is 11.8 Å². The first kappa shape index (κ1) is 14.5. The third-order valence-corrected chi connectivity index (χ3v) is 4.33. The minimum absolute atomic E-state index is 0.0854. The second-order valence-electron chi connectivity index (χ2n) is 3.96. The van der Waals surface area contributed by atoms with Gasteiger partial charge in [0.2, 0.25) is 0 Å². The lowest BCUT2D eigenvalue weighted by Gasteiger charge is -2.07.